The lowest BCUT2D eigenvalue weighted by molar-refractivity contribution is -0.142. The molecule has 4 atom stereocenters. The van der Waals surface area contributed by atoms with Crippen molar-refractivity contribution in [3.05, 3.63) is 102 Å². The molecule has 12 heteroatoms. The van der Waals surface area contributed by atoms with E-state index < -0.39 is 47.9 Å². The number of hydrogen-bond acceptors (Lipinski definition) is 7. The second kappa shape index (κ2) is 16.9. The minimum Gasteiger partial charge on any atom is -0.508 e. The topological polar surface area (TPSA) is 213 Å². The number of carboxylic acid groups (broad SMARTS) is 1. The van der Waals surface area contributed by atoms with Gasteiger partial charge in [0.15, 0.2) is 0 Å². The predicted molar refractivity (Wildman–Crippen MR) is 178 cm³/mol. The Hall–Kier alpha value is -5.20. The summed E-state index contributed by atoms with van der Waals surface area (Å²) in [7, 11) is 0. The molecule has 0 spiro atoms. The zero-order chi connectivity index (χ0) is 33.8. The molecule has 0 radical (unpaired) electrons. The summed E-state index contributed by atoms with van der Waals surface area (Å²) < 4.78 is 0. The van der Waals surface area contributed by atoms with Gasteiger partial charge in [-0.05, 0) is 67.1 Å². The molecule has 0 aliphatic heterocycles. The molecule has 4 unspecified atom stereocenters. The Morgan fingerprint density at radius 1 is 0.702 bits per heavy atom. The highest BCUT2D eigenvalue weighted by Crippen LogP contribution is 2.20. The summed E-state index contributed by atoms with van der Waals surface area (Å²) in [6, 6.07) is 18.3. The standard InChI is InChI=1S/C35H42N6O6/c36-17-7-6-12-29(33(44)41-31(35(46)47)19-22-8-2-1-3-9-22)39-34(45)30(20-24-21-38-28-11-5-4-10-26(24)28)40-32(43)27(37)18-23-13-15-25(42)16-14-23/h1-5,8-11,13-16,21,27,29-31,38,42H,6-7,12,17-20,36-37H2,(H,39,45)(H,40,43)(H,41,44)(H,46,47). The molecular formula is C35H42N6O6. The number of nitrogens with one attached hydrogen (secondary N) is 4. The molecule has 4 aromatic rings. The lowest BCUT2D eigenvalue weighted by Gasteiger charge is -2.25. The second-order valence-corrected chi connectivity index (χ2v) is 11.5. The number of benzene rings is 3. The van der Waals surface area contributed by atoms with E-state index in [9.17, 15) is 29.4 Å². The first-order valence-corrected chi connectivity index (χ1v) is 15.6. The molecule has 0 aliphatic carbocycles. The highest BCUT2D eigenvalue weighted by atomic mass is 16.4. The van der Waals surface area contributed by atoms with Crippen LogP contribution in [0.15, 0.2) is 85.1 Å². The number of aromatic nitrogens is 1. The first kappa shape index (κ1) is 34.7. The number of nitrogens with two attached hydrogens (primary N) is 2. The first-order valence-electron chi connectivity index (χ1n) is 15.6. The molecule has 0 saturated heterocycles. The summed E-state index contributed by atoms with van der Waals surface area (Å²) in [5.41, 5.74) is 15.0. The number of fused-ring (bicyclic) bond motifs is 1. The van der Waals surface area contributed by atoms with Crippen molar-refractivity contribution < 1.29 is 29.4 Å². The lowest BCUT2D eigenvalue weighted by atomic mass is 10.0. The first-order chi connectivity index (χ1) is 22.6. The van der Waals surface area contributed by atoms with Crippen LogP contribution in [0.5, 0.6) is 5.75 Å². The number of carbonyl (C=O) groups excluding carboxylic acids is 3. The van der Waals surface area contributed by atoms with E-state index in [-0.39, 0.29) is 31.4 Å². The smallest absolute Gasteiger partial charge is 0.326 e. The Bertz CT molecular complexity index is 1640. The quantitative estimate of drug-likeness (QED) is 0.0795. The van der Waals surface area contributed by atoms with Gasteiger partial charge >= 0.3 is 5.97 Å². The largest absolute Gasteiger partial charge is 0.508 e. The molecular weight excluding hydrogens is 600 g/mol. The van der Waals surface area contributed by atoms with Crippen LogP contribution in [0.1, 0.15) is 36.0 Å². The second-order valence-electron chi connectivity index (χ2n) is 11.5. The number of phenolic OH excluding ortho intramolecular Hbond substituents is 1. The fourth-order valence-electron chi connectivity index (χ4n) is 5.34. The third-order valence-corrected chi connectivity index (χ3v) is 7.94. The van der Waals surface area contributed by atoms with Gasteiger partial charge in [-0.3, -0.25) is 14.4 Å². The van der Waals surface area contributed by atoms with Gasteiger partial charge < -0.3 is 42.6 Å². The molecule has 0 saturated carbocycles. The monoisotopic (exact) mass is 642 g/mol. The minimum absolute atomic E-state index is 0.0591. The van der Waals surface area contributed by atoms with E-state index in [4.69, 9.17) is 11.5 Å². The predicted octanol–water partition coefficient (Wildman–Crippen LogP) is 1.90. The van der Waals surface area contributed by atoms with E-state index in [0.717, 1.165) is 27.6 Å². The van der Waals surface area contributed by atoms with Crippen molar-refractivity contribution in [1.29, 1.82) is 0 Å². The number of aromatic hydroxyl groups is 1. The van der Waals surface area contributed by atoms with E-state index in [1.54, 1.807) is 42.6 Å². The molecule has 4 rings (SSSR count). The number of aliphatic carboxylic acids is 1. The lowest BCUT2D eigenvalue weighted by Crippen LogP contribution is -2.58. The van der Waals surface area contributed by atoms with Gasteiger partial charge in [0, 0.05) is 29.9 Å². The van der Waals surface area contributed by atoms with Gasteiger partial charge in [0.25, 0.3) is 0 Å². The van der Waals surface area contributed by atoms with Crippen LogP contribution in [-0.4, -0.2) is 69.6 Å². The number of amides is 3. The van der Waals surface area contributed by atoms with Crippen LogP contribution in [0.4, 0.5) is 0 Å². The molecule has 1 aromatic heterocycles. The number of carbonyl (C=O) groups is 4. The van der Waals surface area contributed by atoms with E-state index in [0.29, 0.717) is 19.4 Å². The molecule has 0 fully saturated rings. The van der Waals surface area contributed by atoms with Gasteiger partial charge in [-0.2, -0.15) is 0 Å². The SMILES string of the molecule is NCCCCC(NC(=O)C(Cc1c[nH]c2ccccc12)NC(=O)C(N)Cc1ccc(O)cc1)C(=O)NC(Cc1ccccc1)C(=O)O. The zero-order valence-corrected chi connectivity index (χ0v) is 26.0. The normalized spacial score (nSPS) is 13.7. The van der Waals surface area contributed by atoms with Crippen LogP contribution < -0.4 is 27.4 Å². The van der Waals surface area contributed by atoms with Crippen LogP contribution >= 0.6 is 0 Å². The van der Waals surface area contributed by atoms with Gasteiger partial charge in [-0.15, -0.1) is 0 Å². The maximum Gasteiger partial charge on any atom is 0.326 e. The molecule has 1 heterocycles. The van der Waals surface area contributed by atoms with Gasteiger partial charge in [0.05, 0.1) is 6.04 Å². The Kier molecular flexibility index (Phi) is 12.5. The van der Waals surface area contributed by atoms with E-state index >= 15 is 0 Å². The van der Waals surface area contributed by atoms with Crippen molar-refractivity contribution in [2.24, 2.45) is 11.5 Å². The molecule has 0 aliphatic rings. The maximum absolute atomic E-state index is 13.9. The molecule has 248 valence electrons. The van der Waals surface area contributed by atoms with Gasteiger partial charge in [0.2, 0.25) is 17.7 Å². The van der Waals surface area contributed by atoms with Crippen LogP contribution in [0.2, 0.25) is 0 Å². The maximum atomic E-state index is 13.9. The number of aromatic amines is 1. The highest BCUT2D eigenvalue weighted by Gasteiger charge is 2.31. The van der Waals surface area contributed by atoms with E-state index in [2.05, 4.69) is 20.9 Å². The molecule has 0 bridgehead atoms. The number of hydrogen-bond donors (Lipinski definition) is 8. The van der Waals surface area contributed by atoms with Crippen LogP contribution in [0.3, 0.4) is 0 Å². The van der Waals surface area contributed by atoms with Crippen molar-refractivity contribution >= 4 is 34.6 Å². The summed E-state index contributed by atoms with van der Waals surface area (Å²) in [6.07, 6.45) is 3.38. The number of carboxylic acids is 1. The minimum atomic E-state index is -1.22. The number of para-hydroxylation sites is 1. The summed E-state index contributed by atoms with van der Waals surface area (Å²) in [6.45, 7) is 0.381. The molecule has 3 aromatic carbocycles. The van der Waals surface area contributed by atoms with E-state index in [1.807, 2.05) is 30.3 Å². The number of rotatable bonds is 17. The molecule has 47 heavy (non-hydrogen) atoms. The van der Waals surface area contributed by atoms with Gasteiger partial charge in [-0.1, -0.05) is 60.7 Å². The van der Waals surface area contributed by atoms with Crippen molar-refractivity contribution in [1.82, 2.24) is 20.9 Å². The van der Waals surface area contributed by atoms with Gasteiger partial charge in [0.1, 0.15) is 23.9 Å². The Morgan fingerprint density at radius 2 is 1.32 bits per heavy atom. The third kappa shape index (κ3) is 10.1. The average molecular weight is 643 g/mol. The van der Waals surface area contributed by atoms with Crippen molar-refractivity contribution in [3.8, 4) is 5.75 Å². The molecule has 3 amide bonds. The summed E-state index contributed by atoms with van der Waals surface area (Å²) >= 11 is 0. The Morgan fingerprint density at radius 3 is 2.02 bits per heavy atom. The average Bonchev–Trinajstić information content (AvgIpc) is 3.47. The molecule has 12 nitrogen and oxygen atoms in total. The number of phenols is 1. The number of H-pyrrole nitrogens is 1. The molecule has 10 N–H and O–H groups in total. The van der Waals surface area contributed by atoms with Crippen LogP contribution in [0, 0.1) is 0 Å². The van der Waals surface area contributed by atoms with Gasteiger partial charge in [-0.25, -0.2) is 4.79 Å². The zero-order valence-electron chi connectivity index (χ0n) is 26.0. The Labute approximate surface area is 272 Å². The fraction of sp³-hybridized carbons (Fsp3) is 0.314. The van der Waals surface area contributed by atoms with Crippen molar-refractivity contribution in [2.75, 3.05) is 6.54 Å². The third-order valence-electron chi connectivity index (χ3n) is 7.94. The van der Waals surface area contributed by atoms with Crippen LogP contribution in [-0.2, 0) is 38.4 Å². The Balaban J connectivity index is 1.53. The van der Waals surface area contributed by atoms with E-state index in [1.165, 1.54) is 12.1 Å². The summed E-state index contributed by atoms with van der Waals surface area (Å²) in [5.74, 6) is -2.97. The summed E-state index contributed by atoms with van der Waals surface area (Å²) in [5, 5.41) is 28.4. The summed E-state index contributed by atoms with van der Waals surface area (Å²) in [4.78, 5) is 56.0. The number of unbranched alkanes of at least 4 members (excludes halogenated alkanes) is 1. The van der Waals surface area contributed by atoms with Crippen molar-refractivity contribution in [2.45, 2.75) is 62.7 Å². The highest BCUT2D eigenvalue weighted by molar-refractivity contribution is 5.95. The van der Waals surface area contributed by atoms with Crippen molar-refractivity contribution in [3.63, 3.8) is 0 Å². The van der Waals surface area contributed by atoms with Crippen LogP contribution in [0.25, 0.3) is 10.9 Å². The fourth-order valence-corrected chi connectivity index (χ4v) is 5.34.